The van der Waals surface area contributed by atoms with E-state index in [1.807, 2.05) is 6.92 Å². The van der Waals surface area contributed by atoms with E-state index in [-0.39, 0.29) is 17.7 Å². The number of nitrogens with zero attached hydrogens (tertiary/aromatic N) is 2. The van der Waals surface area contributed by atoms with Gasteiger partial charge < -0.3 is 10.6 Å². The van der Waals surface area contributed by atoms with Gasteiger partial charge in [-0.1, -0.05) is 29.0 Å². The van der Waals surface area contributed by atoms with Crippen molar-refractivity contribution in [3.05, 3.63) is 0 Å². The van der Waals surface area contributed by atoms with Crippen molar-refractivity contribution in [2.24, 2.45) is 0 Å². The predicted molar refractivity (Wildman–Crippen MR) is 73.7 cm³/mol. The van der Waals surface area contributed by atoms with Crippen molar-refractivity contribution in [2.45, 2.75) is 35.4 Å². The van der Waals surface area contributed by atoms with Crippen LogP contribution in [-0.2, 0) is 4.79 Å². The summed E-state index contributed by atoms with van der Waals surface area (Å²) in [6, 6.07) is 0.562. The molecule has 0 spiro atoms. The van der Waals surface area contributed by atoms with Gasteiger partial charge in [0, 0.05) is 6.04 Å². The van der Waals surface area contributed by atoms with Gasteiger partial charge >= 0.3 is 0 Å². The Balaban J connectivity index is 1.82. The first-order valence-corrected chi connectivity index (χ1v) is 7.36. The quantitative estimate of drug-likeness (QED) is 0.609. The van der Waals surface area contributed by atoms with Crippen LogP contribution in [0.5, 0.6) is 0 Å². The maximum Gasteiger partial charge on any atom is 0.234 e. The molecule has 1 amide bonds. The van der Waals surface area contributed by atoms with E-state index in [0.717, 1.165) is 9.47 Å². The fourth-order valence-corrected chi connectivity index (χ4v) is 3.20. The first-order chi connectivity index (χ1) is 8.69. The number of hydrogen-bond donors (Lipinski definition) is 2. The zero-order chi connectivity index (χ0) is 13.0. The van der Waals surface area contributed by atoms with Gasteiger partial charge in [0.25, 0.3) is 0 Å². The molecule has 1 atom stereocenters. The number of carbonyl (C=O) groups excluding carboxylic acids is 1. The molecule has 1 aliphatic rings. The van der Waals surface area contributed by atoms with Crippen LogP contribution in [-0.4, -0.2) is 33.9 Å². The van der Waals surface area contributed by atoms with Crippen LogP contribution in [0, 0.1) is 12.3 Å². The molecule has 1 saturated carbocycles. The van der Waals surface area contributed by atoms with E-state index >= 15 is 0 Å². The minimum Gasteiger partial charge on any atom is -0.357 e. The average Bonchev–Trinajstić information content (AvgIpc) is 3.06. The molecule has 1 aromatic heterocycles. The molecule has 1 aromatic rings. The van der Waals surface area contributed by atoms with E-state index < -0.39 is 0 Å². The topological polar surface area (TPSA) is 66.9 Å². The van der Waals surface area contributed by atoms with Crippen molar-refractivity contribution in [3.8, 4) is 12.3 Å². The fourth-order valence-electron chi connectivity index (χ4n) is 1.20. The van der Waals surface area contributed by atoms with Crippen LogP contribution in [0.3, 0.4) is 0 Å². The second kappa shape index (κ2) is 6.07. The third-order valence-corrected chi connectivity index (χ3v) is 4.36. The van der Waals surface area contributed by atoms with Crippen molar-refractivity contribution in [1.82, 2.24) is 15.5 Å². The van der Waals surface area contributed by atoms with Crippen LogP contribution in [0.4, 0.5) is 5.13 Å². The van der Waals surface area contributed by atoms with Crippen LogP contribution >= 0.6 is 23.1 Å². The Morgan fingerprint density at radius 3 is 3.11 bits per heavy atom. The van der Waals surface area contributed by atoms with Crippen LogP contribution in [0.25, 0.3) is 0 Å². The van der Waals surface area contributed by atoms with Crippen molar-refractivity contribution in [3.63, 3.8) is 0 Å². The average molecular weight is 282 g/mol. The molecule has 0 bridgehead atoms. The molecule has 2 N–H and O–H groups in total. The maximum atomic E-state index is 11.6. The van der Waals surface area contributed by atoms with E-state index in [1.54, 1.807) is 0 Å². The van der Waals surface area contributed by atoms with Crippen LogP contribution in [0.2, 0.25) is 0 Å². The Morgan fingerprint density at radius 1 is 1.67 bits per heavy atom. The zero-order valence-corrected chi connectivity index (χ0v) is 11.6. The molecule has 18 heavy (non-hydrogen) atoms. The molecular weight excluding hydrogens is 268 g/mol. The highest BCUT2D eigenvalue weighted by Crippen LogP contribution is 2.31. The Kier molecular flexibility index (Phi) is 4.44. The van der Waals surface area contributed by atoms with Gasteiger partial charge in [-0.05, 0) is 19.8 Å². The number of anilines is 1. The number of rotatable bonds is 6. The summed E-state index contributed by atoms with van der Waals surface area (Å²) in [5.41, 5.74) is 0. The first kappa shape index (κ1) is 13.2. The van der Waals surface area contributed by atoms with Gasteiger partial charge in [0.15, 0.2) is 4.34 Å². The Bertz CT molecular complexity index is 464. The molecule has 7 heteroatoms. The van der Waals surface area contributed by atoms with Crippen LogP contribution in [0.15, 0.2) is 4.34 Å². The summed E-state index contributed by atoms with van der Waals surface area (Å²) in [6.45, 7) is 2.08. The number of carbonyl (C=O) groups is 1. The highest BCUT2D eigenvalue weighted by molar-refractivity contribution is 8.02. The Morgan fingerprint density at radius 2 is 2.44 bits per heavy atom. The molecule has 1 aliphatic carbocycles. The molecule has 1 fully saturated rings. The van der Waals surface area contributed by atoms with Gasteiger partial charge in [-0.3, -0.25) is 4.79 Å². The SMILES string of the molecule is C#CCNC(=O)C(C)Sc1nnc(NC2CC2)s1. The van der Waals surface area contributed by atoms with E-state index in [0.29, 0.717) is 6.04 Å². The van der Waals surface area contributed by atoms with Gasteiger partial charge in [0.05, 0.1) is 11.8 Å². The van der Waals surface area contributed by atoms with E-state index in [2.05, 4.69) is 26.8 Å². The molecule has 0 saturated heterocycles. The smallest absolute Gasteiger partial charge is 0.234 e. The van der Waals surface area contributed by atoms with E-state index in [4.69, 9.17) is 6.42 Å². The lowest BCUT2D eigenvalue weighted by atomic mass is 10.4. The van der Waals surface area contributed by atoms with Crippen LogP contribution < -0.4 is 10.6 Å². The molecule has 0 aliphatic heterocycles. The molecule has 2 rings (SSSR count). The van der Waals surface area contributed by atoms with Gasteiger partial charge in [0.2, 0.25) is 11.0 Å². The monoisotopic (exact) mass is 282 g/mol. The predicted octanol–water partition coefficient (Wildman–Crippen LogP) is 1.34. The summed E-state index contributed by atoms with van der Waals surface area (Å²) in [5.74, 6) is 2.29. The Labute approximate surface area is 114 Å². The fraction of sp³-hybridized carbons (Fsp3) is 0.545. The summed E-state index contributed by atoms with van der Waals surface area (Å²) in [4.78, 5) is 11.6. The lowest BCUT2D eigenvalue weighted by Gasteiger charge is -2.07. The summed E-state index contributed by atoms with van der Waals surface area (Å²) in [5, 5.41) is 14.6. The first-order valence-electron chi connectivity index (χ1n) is 5.67. The molecule has 0 radical (unpaired) electrons. The zero-order valence-electron chi connectivity index (χ0n) is 9.97. The second-order valence-corrected chi connectivity index (χ2v) is 6.54. The number of terminal acetylenes is 1. The molecule has 96 valence electrons. The van der Waals surface area contributed by atoms with Crippen molar-refractivity contribution in [1.29, 1.82) is 0 Å². The number of amides is 1. The standard InChI is InChI=1S/C11H14N4OS2/c1-3-6-12-9(16)7(2)17-11-15-14-10(18-11)13-8-4-5-8/h1,7-8H,4-6H2,2H3,(H,12,16)(H,13,14). The minimum absolute atomic E-state index is 0.0788. The van der Waals surface area contributed by atoms with Gasteiger partial charge in [-0.2, -0.15) is 0 Å². The summed E-state index contributed by atoms with van der Waals surface area (Å²) in [6.07, 6.45) is 7.49. The lowest BCUT2D eigenvalue weighted by Crippen LogP contribution is -2.30. The summed E-state index contributed by atoms with van der Waals surface area (Å²) in [7, 11) is 0. The highest BCUT2D eigenvalue weighted by Gasteiger charge is 2.23. The molecule has 0 aromatic carbocycles. The van der Waals surface area contributed by atoms with Crippen LogP contribution in [0.1, 0.15) is 19.8 Å². The minimum atomic E-state index is -0.222. The van der Waals surface area contributed by atoms with Gasteiger partial charge in [0.1, 0.15) is 0 Å². The van der Waals surface area contributed by atoms with Crippen molar-refractivity contribution < 1.29 is 4.79 Å². The van der Waals surface area contributed by atoms with Crippen molar-refractivity contribution >= 4 is 34.1 Å². The van der Waals surface area contributed by atoms with Gasteiger partial charge in [-0.25, -0.2) is 0 Å². The number of hydrogen-bond acceptors (Lipinski definition) is 6. The Hall–Kier alpha value is -1.26. The maximum absolute atomic E-state index is 11.6. The second-order valence-electron chi connectivity index (χ2n) is 3.97. The molecule has 1 unspecified atom stereocenters. The van der Waals surface area contributed by atoms with Gasteiger partial charge in [-0.15, -0.1) is 16.6 Å². The molecule has 5 nitrogen and oxygen atoms in total. The number of nitrogens with one attached hydrogen (secondary N) is 2. The molecule has 1 heterocycles. The third kappa shape index (κ3) is 3.89. The number of thioether (sulfide) groups is 1. The normalized spacial score (nSPS) is 15.8. The summed E-state index contributed by atoms with van der Waals surface area (Å²) >= 11 is 2.87. The van der Waals surface area contributed by atoms with E-state index in [9.17, 15) is 4.79 Å². The highest BCUT2D eigenvalue weighted by atomic mass is 32.2. The third-order valence-electron chi connectivity index (χ3n) is 2.32. The number of aromatic nitrogens is 2. The van der Waals surface area contributed by atoms with Crippen molar-refractivity contribution in [2.75, 3.05) is 11.9 Å². The van der Waals surface area contributed by atoms with E-state index in [1.165, 1.54) is 35.9 Å². The molecular formula is C11H14N4OS2. The lowest BCUT2D eigenvalue weighted by molar-refractivity contribution is -0.120. The largest absolute Gasteiger partial charge is 0.357 e. The summed E-state index contributed by atoms with van der Waals surface area (Å²) < 4.78 is 0.793.